The molecule has 0 bridgehead atoms. The van der Waals surface area contributed by atoms with Crippen molar-refractivity contribution in [2.75, 3.05) is 12.5 Å². The van der Waals surface area contributed by atoms with Gasteiger partial charge in [0.1, 0.15) is 0 Å². The average Bonchev–Trinajstić information content (AvgIpc) is 2.52. The third kappa shape index (κ3) is 3.35. The lowest BCUT2D eigenvalue weighted by Crippen LogP contribution is -2.30. The Morgan fingerprint density at radius 3 is 2.62 bits per heavy atom. The fraction of sp³-hybridized carbons (Fsp3) is 0.188. The number of carbonyl (C=O) groups excluding carboxylic acids is 1. The molecule has 0 saturated heterocycles. The highest BCUT2D eigenvalue weighted by atomic mass is 35.5. The van der Waals surface area contributed by atoms with E-state index < -0.39 is 0 Å². The highest BCUT2D eigenvalue weighted by molar-refractivity contribution is 6.30. The van der Waals surface area contributed by atoms with E-state index in [1.165, 1.54) is 0 Å². The summed E-state index contributed by atoms with van der Waals surface area (Å²) in [6, 6.07) is 14.6. The fourth-order valence-corrected chi connectivity index (χ4v) is 2.35. The molecule has 0 heterocycles. The van der Waals surface area contributed by atoms with Crippen LogP contribution in [-0.2, 0) is 0 Å². The molecule has 1 unspecified atom stereocenters. The summed E-state index contributed by atoms with van der Waals surface area (Å²) in [6.45, 7) is 1.96. The van der Waals surface area contributed by atoms with Crippen LogP contribution >= 0.6 is 11.6 Å². The summed E-state index contributed by atoms with van der Waals surface area (Å²) in [4.78, 5) is 14.3. The van der Waals surface area contributed by atoms with Gasteiger partial charge in [-0.15, -0.1) is 0 Å². The van der Waals surface area contributed by atoms with Gasteiger partial charge in [-0.05, 0) is 36.8 Å². The van der Waals surface area contributed by atoms with Crippen LogP contribution in [0.4, 0.5) is 5.69 Å². The minimum atomic E-state index is -0.101. The number of nitrogens with two attached hydrogens (primary N) is 1. The van der Waals surface area contributed by atoms with Crippen molar-refractivity contribution in [3.05, 3.63) is 64.7 Å². The predicted octanol–water partition coefficient (Wildman–Crippen LogP) is 3.46. The predicted molar refractivity (Wildman–Crippen MR) is 86.2 cm³/mol. The van der Waals surface area contributed by atoms with Gasteiger partial charge in [0.05, 0.1) is 17.3 Å². The number of hydrogen-bond donors (Lipinski definition) is 2. The van der Waals surface area contributed by atoms with E-state index >= 15 is 0 Å². The molecule has 21 heavy (non-hydrogen) atoms. The van der Waals surface area contributed by atoms with Crippen molar-refractivity contribution in [1.82, 2.24) is 4.90 Å². The number of benzene rings is 2. The van der Waals surface area contributed by atoms with Gasteiger partial charge in [-0.1, -0.05) is 35.9 Å². The normalized spacial score (nSPS) is 11.8. The third-order valence-electron chi connectivity index (χ3n) is 3.55. The molecule has 1 atom stereocenters. The monoisotopic (exact) mass is 303 g/mol. The molecule has 110 valence electrons. The second kappa shape index (κ2) is 6.61. The highest BCUT2D eigenvalue weighted by Crippen LogP contribution is 2.25. The Bertz CT molecular complexity index is 645. The molecule has 3 N–H and O–H groups in total. The summed E-state index contributed by atoms with van der Waals surface area (Å²) in [5.74, 6) is 5.36. The number of nitrogens with zero attached hydrogens (tertiary/aromatic N) is 1. The van der Waals surface area contributed by atoms with Crippen LogP contribution in [0.3, 0.4) is 0 Å². The van der Waals surface area contributed by atoms with Crippen LogP contribution in [0.15, 0.2) is 48.5 Å². The standard InChI is InChI=1S/C16H18ClN3O/c1-11(12-6-5-7-13(17)10-12)20(2)16(21)14-8-3-4-9-15(14)19-18/h3-11,19H,18H2,1-2H3. The SMILES string of the molecule is CC(c1cccc(Cl)c1)N(C)C(=O)c1ccccc1NN. The molecule has 0 spiro atoms. The zero-order valence-corrected chi connectivity index (χ0v) is 12.8. The van der Waals surface area contributed by atoms with Gasteiger partial charge in [-0.2, -0.15) is 0 Å². The maximum absolute atomic E-state index is 12.6. The van der Waals surface area contributed by atoms with Crippen molar-refractivity contribution in [3.63, 3.8) is 0 Å². The van der Waals surface area contributed by atoms with Crippen LogP contribution in [0.5, 0.6) is 0 Å². The van der Waals surface area contributed by atoms with Gasteiger partial charge in [-0.3, -0.25) is 10.6 Å². The van der Waals surface area contributed by atoms with Crippen molar-refractivity contribution >= 4 is 23.2 Å². The van der Waals surface area contributed by atoms with Crippen LogP contribution in [0, 0.1) is 0 Å². The molecule has 5 heteroatoms. The Kier molecular flexibility index (Phi) is 4.83. The fourth-order valence-electron chi connectivity index (χ4n) is 2.15. The van der Waals surface area contributed by atoms with Crippen molar-refractivity contribution in [3.8, 4) is 0 Å². The van der Waals surface area contributed by atoms with E-state index in [0.717, 1.165) is 5.56 Å². The Morgan fingerprint density at radius 2 is 1.95 bits per heavy atom. The smallest absolute Gasteiger partial charge is 0.256 e. The molecule has 1 amide bonds. The van der Waals surface area contributed by atoms with E-state index in [9.17, 15) is 4.79 Å². The summed E-state index contributed by atoms with van der Waals surface area (Å²) in [5, 5.41) is 0.657. The van der Waals surface area contributed by atoms with E-state index in [0.29, 0.717) is 16.3 Å². The van der Waals surface area contributed by atoms with Crippen molar-refractivity contribution in [2.45, 2.75) is 13.0 Å². The number of rotatable bonds is 4. The van der Waals surface area contributed by atoms with Crippen LogP contribution in [0.1, 0.15) is 28.9 Å². The Labute approximate surface area is 129 Å². The van der Waals surface area contributed by atoms with Crippen LogP contribution in [-0.4, -0.2) is 17.9 Å². The van der Waals surface area contributed by atoms with Crippen LogP contribution in [0.2, 0.25) is 5.02 Å². The summed E-state index contributed by atoms with van der Waals surface area (Å²) in [7, 11) is 1.77. The first-order valence-corrected chi connectivity index (χ1v) is 7.00. The zero-order chi connectivity index (χ0) is 15.4. The van der Waals surface area contributed by atoms with E-state index in [1.807, 2.05) is 43.3 Å². The summed E-state index contributed by atoms with van der Waals surface area (Å²) in [6.07, 6.45) is 0. The van der Waals surface area contributed by atoms with Gasteiger partial charge in [-0.25, -0.2) is 0 Å². The molecule has 0 aliphatic rings. The molecule has 0 aliphatic heterocycles. The number of nitrogen functional groups attached to an aromatic ring is 1. The maximum atomic E-state index is 12.6. The Hall–Kier alpha value is -2.04. The zero-order valence-electron chi connectivity index (χ0n) is 12.0. The van der Waals surface area contributed by atoms with Gasteiger partial charge >= 0.3 is 0 Å². The van der Waals surface area contributed by atoms with Gasteiger partial charge in [0.2, 0.25) is 0 Å². The molecular weight excluding hydrogens is 286 g/mol. The first kappa shape index (κ1) is 15.4. The second-order valence-corrected chi connectivity index (χ2v) is 5.27. The Balaban J connectivity index is 2.26. The summed E-state index contributed by atoms with van der Waals surface area (Å²) in [5.41, 5.74) is 4.68. The van der Waals surface area contributed by atoms with Crippen molar-refractivity contribution in [2.24, 2.45) is 5.84 Å². The third-order valence-corrected chi connectivity index (χ3v) is 3.78. The van der Waals surface area contributed by atoms with Crippen molar-refractivity contribution in [1.29, 1.82) is 0 Å². The minimum absolute atomic E-state index is 0.0953. The second-order valence-electron chi connectivity index (χ2n) is 4.84. The minimum Gasteiger partial charge on any atom is -0.335 e. The molecule has 2 aromatic rings. The maximum Gasteiger partial charge on any atom is 0.256 e. The van der Waals surface area contributed by atoms with Crippen LogP contribution in [0.25, 0.3) is 0 Å². The molecule has 0 aromatic heterocycles. The van der Waals surface area contributed by atoms with Crippen LogP contribution < -0.4 is 11.3 Å². The van der Waals surface area contributed by atoms with Gasteiger partial charge in [0.15, 0.2) is 0 Å². The highest BCUT2D eigenvalue weighted by Gasteiger charge is 2.21. The number of halogens is 1. The van der Waals surface area contributed by atoms with Gasteiger partial charge in [0, 0.05) is 12.1 Å². The lowest BCUT2D eigenvalue weighted by molar-refractivity contribution is 0.0743. The first-order chi connectivity index (χ1) is 10.0. The molecule has 0 aliphatic carbocycles. The average molecular weight is 304 g/mol. The van der Waals surface area contributed by atoms with E-state index in [1.54, 1.807) is 24.1 Å². The number of amides is 1. The quantitative estimate of drug-likeness (QED) is 0.672. The largest absolute Gasteiger partial charge is 0.335 e. The topological polar surface area (TPSA) is 58.4 Å². The molecule has 0 saturated carbocycles. The number of hydrogen-bond acceptors (Lipinski definition) is 3. The van der Waals surface area contributed by atoms with E-state index in [4.69, 9.17) is 17.4 Å². The summed E-state index contributed by atoms with van der Waals surface area (Å²) >= 11 is 6.01. The Morgan fingerprint density at radius 1 is 1.24 bits per heavy atom. The number of para-hydroxylation sites is 1. The molecule has 2 aromatic carbocycles. The number of carbonyl (C=O) groups is 1. The molecule has 2 rings (SSSR count). The first-order valence-electron chi connectivity index (χ1n) is 6.63. The molecule has 0 fully saturated rings. The number of anilines is 1. The molecule has 0 radical (unpaired) electrons. The van der Waals surface area contributed by atoms with Gasteiger partial charge in [0.25, 0.3) is 5.91 Å². The number of nitrogens with one attached hydrogen (secondary N) is 1. The molecule has 4 nitrogen and oxygen atoms in total. The summed E-state index contributed by atoms with van der Waals surface area (Å²) < 4.78 is 0. The lowest BCUT2D eigenvalue weighted by Gasteiger charge is -2.26. The molecular formula is C16H18ClN3O. The van der Waals surface area contributed by atoms with Gasteiger partial charge < -0.3 is 10.3 Å². The van der Waals surface area contributed by atoms with E-state index in [-0.39, 0.29) is 11.9 Å². The number of hydrazine groups is 1. The van der Waals surface area contributed by atoms with Crippen molar-refractivity contribution < 1.29 is 4.79 Å². The lowest BCUT2D eigenvalue weighted by atomic mass is 10.1. The van der Waals surface area contributed by atoms with E-state index in [2.05, 4.69) is 5.43 Å².